The lowest BCUT2D eigenvalue weighted by Crippen LogP contribution is -2.50. The number of urea groups is 1. The first-order valence-electron chi connectivity index (χ1n) is 8.54. The average molecular weight is 348 g/mol. The van der Waals surface area contributed by atoms with E-state index >= 15 is 0 Å². The van der Waals surface area contributed by atoms with Crippen LogP contribution in [0.2, 0.25) is 0 Å². The van der Waals surface area contributed by atoms with E-state index in [1.807, 2.05) is 20.8 Å². The van der Waals surface area contributed by atoms with Crippen molar-refractivity contribution in [3.05, 3.63) is 0 Å². The summed E-state index contributed by atoms with van der Waals surface area (Å²) in [4.78, 5) is 14.5. The number of hydrogen-bond donors (Lipinski definition) is 4. The van der Waals surface area contributed by atoms with Crippen LogP contribution in [0.3, 0.4) is 0 Å². The van der Waals surface area contributed by atoms with Crippen LogP contribution in [-0.4, -0.2) is 67.2 Å². The summed E-state index contributed by atoms with van der Waals surface area (Å²) < 4.78 is 0. The quantitative estimate of drug-likeness (QED) is 0.389. The molecule has 0 aliphatic carbocycles. The third-order valence-electron chi connectivity index (χ3n) is 3.95. The number of rotatable bonds is 8. The second-order valence-corrected chi connectivity index (χ2v) is 8.00. The lowest BCUT2D eigenvalue weighted by atomic mass is 10.1. The van der Waals surface area contributed by atoms with Crippen molar-refractivity contribution in [3.8, 4) is 0 Å². The minimum atomic E-state index is -0.224. The molecule has 3 atom stereocenters. The molecule has 0 unspecified atom stereocenters. The Bertz CT molecular complexity index is 361. The normalized spacial score (nSPS) is 23.7. The van der Waals surface area contributed by atoms with Crippen LogP contribution in [-0.2, 0) is 0 Å². The Labute approximate surface area is 145 Å². The van der Waals surface area contributed by atoms with Gasteiger partial charge in [-0.15, -0.1) is 11.6 Å². The van der Waals surface area contributed by atoms with Gasteiger partial charge in [0.2, 0.25) is 0 Å². The Morgan fingerprint density at radius 1 is 1.43 bits per heavy atom. The maximum Gasteiger partial charge on any atom is 0.315 e. The molecule has 2 amide bonds. The summed E-state index contributed by atoms with van der Waals surface area (Å²) in [5, 5.41) is 9.44. The van der Waals surface area contributed by atoms with E-state index in [0.717, 1.165) is 32.6 Å². The molecule has 0 saturated carbocycles. The number of halogens is 1. The van der Waals surface area contributed by atoms with Crippen molar-refractivity contribution < 1.29 is 4.79 Å². The maximum atomic E-state index is 12.1. The number of hydrogen-bond acceptors (Lipinski definition) is 4. The molecular weight excluding hydrogens is 314 g/mol. The second kappa shape index (κ2) is 9.67. The van der Waals surface area contributed by atoms with Crippen molar-refractivity contribution in [3.63, 3.8) is 0 Å². The number of nitrogens with zero attached hydrogens (tertiary/aromatic N) is 1. The fourth-order valence-electron chi connectivity index (χ4n) is 2.90. The number of likely N-dealkylation sites (tertiary alicyclic amines) is 1. The molecule has 0 aromatic carbocycles. The smallest absolute Gasteiger partial charge is 0.315 e. The van der Waals surface area contributed by atoms with Crippen molar-refractivity contribution in [1.29, 1.82) is 0 Å². The van der Waals surface area contributed by atoms with Crippen LogP contribution in [0.1, 0.15) is 34.1 Å². The van der Waals surface area contributed by atoms with E-state index in [9.17, 15) is 4.79 Å². The Balaban J connectivity index is 2.54. The zero-order chi connectivity index (χ0) is 17.5. The Hall–Kier alpha value is -0.560. The molecule has 0 bridgehead atoms. The fraction of sp³-hybridized carbons (Fsp3) is 0.938. The molecule has 7 heteroatoms. The molecule has 23 heavy (non-hydrogen) atoms. The highest BCUT2D eigenvalue weighted by Gasteiger charge is 2.33. The van der Waals surface area contributed by atoms with Crippen molar-refractivity contribution in [2.24, 2.45) is 11.7 Å². The van der Waals surface area contributed by atoms with Crippen LogP contribution >= 0.6 is 11.6 Å². The molecule has 0 aromatic rings. The molecule has 0 aromatic heterocycles. The van der Waals surface area contributed by atoms with Crippen LogP contribution in [0.5, 0.6) is 0 Å². The number of amides is 2. The van der Waals surface area contributed by atoms with Gasteiger partial charge in [0, 0.05) is 49.7 Å². The lowest BCUT2D eigenvalue weighted by Gasteiger charge is -2.27. The van der Waals surface area contributed by atoms with Gasteiger partial charge in [0.1, 0.15) is 0 Å². The van der Waals surface area contributed by atoms with E-state index in [-0.39, 0.29) is 17.6 Å². The van der Waals surface area contributed by atoms with E-state index in [0.29, 0.717) is 24.4 Å². The van der Waals surface area contributed by atoms with Crippen LogP contribution < -0.4 is 21.7 Å². The van der Waals surface area contributed by atoms with E-state index in [2.05, 4.69) is 27.8 Å². The first kappa shape index (κ1) is 20.5. The molecule has 1 saturated heterocycles. The van der Waals surface area contributed by atoms with Crippen LogP contribution in [0.4, 0.5) is 4.79 Å². The molecule has 6 nitrogen and oxygen atoms in total. The van der Waals surface area contributed by atoms with Gasteiger partial charge in [0.25, 0.3) is 0 Å². The van der Waals surface area contributed by atoms with Gasteiger partial charge in [-0.1, -0.05) is 6.92 Å². The predicted octanol–water partition coefficient (Wildman–Crippen LogP) is 0.950. The summed E-state index contributed by atoms with van der Waals surface area (Å²) >= 11 is 5.73. The lowest BCUT2D eigenvalue weighted by molar-refractivity contribution is 0.214. The van der Waals surface area contributed by atoms with Crippen molar-refractivity contribution in [1.82, 2.24) is 20.9 Å². The topological polar surface area (TPSA) is 82.4 Å². The minimum Gasteiger partial charge on any atom is -0.334 e. The Morgan fingerprint density at radius 3 is 2.70 bits per heavy atom. The fourth-order valence-corrected chi connectivity index (χ4v) is 3.03. The summed E-state index contributed by atoms with van der Waals surface area (Å²) in [6.07, 6.45) is 0.949. The number of alkyl halides is 1. The Kier molecular flexibility index (Phi) is 8.61. The summed E-state index contributed by atoms with van der Waals surface area (Å²) in [5.74, 6) is 1.06. The summed E-state index contributed by atoms with van der Waals surface area (Å²) in [6, 6.07) is 0.487. The van der Waals surface area contributed by atoms with Gasteiger partial charge >= 0.3 is 6.03 Å². The highest BCUT2D eigenvalue weighted by molar-refractivity contribution is 6.18. The van der Waals surface area contributed by atoms with E-state index in [4.69, 9.17) is 17.3 Å². The average Bonchev–Trinajstić information content (AvgIpc) is 2.78. The SMILES string of the molecule is C[C@@H](CN)CN1C[C@H](NC(=O)NC(C)(C)C)C[C@H]1CNCCCl. The van der Waals surface area contributed by atoms with Gasteiger partial charge in [-0.05, 0) is 39.7 Å². The predicted molar refractivity (Wildman–Crippen MR) is 97.0 cm³/mol. The van der Waals surface area contributed by atoms with Gasteiger partial charge in [-0.25, -0.2) is 4.79 Å². The van der Waals surface area contributed by atoms with Crippen LogP contribution in [0.25, 0.3) is 0 Å². The summed E-state index contributed by atoms with van der Waals surface area (Å²) in [7, 11) is 0. The zero-order valence-electron chi connectivity index (χ0n) is 15.0. The van der Waals surface area contributed by atoms with Gasteiger partial charge in [-0.3, -0.25) is 4.90 Å². The molecule has 1 rings (SSSR count). The first-order valence-corrected chi connectivity index (χ1v) is 9.08. The van der Waals surface area contributed by atoms with Crippen molar-refractivity contribution >= 4 is 17.6 Å². The van der Waals surface area contributed by atoms with Gasteiger partial charge in [-0.2, -0.15) is 0 Å². The molecule has 1 fully saturated rings. The van der Waals surface area contributed by atoms with E-state index in [1.165, 1.54) is 0 Å². The first-order chi connectivity index (χ1) is 10.7. The van der Waals surface area contributed by atoms with Gasteiger partial charge < -0.3 is 21.7 Å². The van der Waals surface area contributed by atoms with E-state index < -0.39 is 0 Å². The third-order valence-corrected chi connectivity index (χ3v) is 4.14. The number of nitrogens with two attached hydrogens (primary N) is 1. The highest BCUT2D eigenvalue weighted by Crippen LogP contribution is 2.19. The number of nitrogens with one attached hydrogen (secondary N) is 3. The maximum absolute atomic E-state index is 12.1. The number of carbonyl (C=O) groups is 1. The zero-order valence-corrected chi connectivity index (χ0v) is 15.7. The van der Waals surface area contributed by atoms with Crippen LogP contribution in [0, 0.1) is 5.92 Å². The molecular formula is C16H34ClN5O. The molecule has 0 spiro atoms. The van der Waals surface area contributed by atoms with Crippen molar-refractivity contribution in [2.45, 2.75) is 51.7 Å². The standard InChI is InChI=1S/C16H34ClN5O/c1-12(8-18)10-22-11-13(7-14(22)9-19-6-5-17)20-15(23)21-16(2,3)4/h12-14,19H,5-11,18H2,1-4H3,(H2,20,21,23)/t12-,13+,14-/m0/s1. The molecule has 5 N–H and O–H groups in total. The molecule has 1 heterocycles. The molecule has 136 valence electrons. The molecule has 0 radical (unpaired) electrons. The molecule has 1 aliphatic heterocycles. The molecule has 1 aliphatic rings. The van der Waals surface area contributed by atoms with E-state index in [1.54, 1.807) is 0 Å². The largest absolute Gasteiger partial charge is 0.334 e. The highest BCUT2D eigenvalue weighted by atomic mass is 35.5. The second-order valence-electron chi connectivity index (χ2n) is 7.62. The Morgan fingerprint density at radius 2 is 2.13 bits per heavy atom. The van der Waals surface area contributed by atoms with Crippen LogP contribution in [0.15, 0.2) is 0 Å². The third kappa shape index (κ3) is 8.20. The monoisotopic (exact) mass is 347 g/mol. The van der Waals surface area contributed by atoms with Gasteiger partial charge in [0.15, 0.2) is 0 Å². The van der Waals surface area contributed by atoms with Gasteiger partial charge in [0.05, 0.1) is 0 Å². The summed E-state index contributed by atoms with van der Waals surface area (Å²) in [6.45, 7) is 12.3. The number of carbonyl (C=O) groups excluding carboxylic acids is 1. The van der Waals surface area contributed by atoms with Crippen molar-refractivity contribution in [2.75, 3.05) is 38.6 Å². The minimum absolute atomic E-state index is 0.0938. The summed E-state index contributed by atoms with van der Waals surface area (Å²) in [5.41, 5.74) is 5.54.